The van der Waals surface area contributed by atoms with E-state index in [1.807, 2.05) is 0 Å². The number of hydrogen-bond acceptors (Lipinski definition) is 4. The Morgan fingerprint density at radius 2 is 2.30 bits per heavy atom. The standard InChI is InChI=1S/C16H26N2O2/c1-3-17-10-13-9-14(20-12(13)2)11-18-7-8-19-16-6-4-5-15(16)18/h9,15-17H,3-8,10-11H2,1-2H3. The van der Waals surface area contributed by atoms with Gasteiger partial charge in [-0.15, -0.1) is 0 Å². The van der Waals surface area contributed by atoms with Gasteiger partial charge in [0.15, 0.2) is 0 Å². The van der Waals surface area contributed by atoms with E-state index >= 15 is 0 Å². The number of morpholine rings is 1. The fraction of sp³-hybridized carbons (Fsp3) is 0.750. The zero-order chi connectivity index (χ0) is 13.9. The highest BCUT2D eigenvalue weighted by molar-refractivity contribution is 5.20. The number of ether oxygens (including phenoxy) is 1. The molecule has 2 unspecified atom stereocenters. The van der Waals surface area contributed by atoms with Crippen molar-refractivity contribution in [3.05, 3.63) is 23.2 Å². The first kappa shape index (κ1) is 14.1. The highest BCUT2D eigenvalue weighted by Crippen LogP contribution is 2.31. The van der Waals surface area contributed by atoms with E-state index in [2.05, 4.69) is 30.1 Å². The molecule has 2 fully saturated rings. The summed E-state index contributed by atoms with van der Waals surface area (Å²) >= 11 is 0. The molecule has 3 rings (SSSR count). The molecule has 4 nitrogen and oxygen atoms in total. The lowest BCUT2D eigenvalue weighted by Crippen LogP contribution is -2.47. The van der Waals surface area contributed by atoms with Gasteiger partial charge in [-0.25, -0.2) is 0 Å². The molecule has 2 atom stereocenters. The highest BCUT2D eigenvalue weighted by atomic mass is 16.5. The van der Waals surface area contributed by atoms with Crippen LogP contribution in [0, 0.1) is 6.92 Å². The molecule has 1 saturated heterocycles. The van der Waals surface area contributed by atoms with Crippen LogP contribution >= 0.6 is 0 Å². The Balaban J connectivity index is 1.64. The van der Waals surface area contributed by atoms with E-state index in [0.717, 1.165) is 44.3 Å². The lowest BCUT2D eigenvalue weighted by atomic mass is 10.1. The first-order valence-corrected chi connectivity index (χ1v) is 7.92. The topological polar surface area (TPSA) is 37.6 Å². The van der Waals surface area contributed by atoms with Gasteiger partial charge in [-0.1, -0.05) is 6.92 Å². The van der Waals surface area contributed by atoms with Gasteiger partial charge in [0.1, 0.15) is 11.5 Å². The van der Waals surface area contributed by atoms with Gasteiger partial charge in [0.2, 0.25) is 0 Å². The Morgan fingerprint density at radius 3 is 3.15 bits per heavy atom. The van der Waals surface area contributed by atoms with Crippen molar-refractivity contribution in [2.45, 2.75) is 58.3 Å². The first-order valence-electron chi connectivity index (χ1n) is 7.92. The second-order valence-electron chi connectivity index (χ2n) is 5.95. The van der Waals surface area contributed by atoms with Crippen LogP contribution in [0.3, 0.4) is 0 Å². The maximum absolute atomic E-state index is 5.94. The summed E-state index contributed by atoms with van der Waals surface area (Å²) in [5.74, 6) is 2.15. The Labute approximate surface area is 121 Å². The first-order chi connectivity index (χ1) is 9.78. The molecule has 1 N–H and O–H groups in total. The number of fused-ring (bicyclic) bond motifs is 1. The average Bonchev–Trinajstić information content (AvgIpc) is 3.04. The van der Waals surface area contributed by atoms with Crippen molar-refractivity contribution in [1.29, 1.82) is 0 Å². The number of hydrogen-bond donors (Lipinski definition) is 1. The van der Waals surface area contributed by atoms with Crippen molar-refractivity contribution < 1.29 is 9.15 Å². The van der Waals surface area contributed by atoms with Crippen LogP contribution in [-0.4, -0.2) is 36.7 Å². The zero-order valence-electron chi connectivity index (χ0n) is 12.7. The smallest absolute Gasteiger partial charge is 0.118 e. The summed E-state index contributed by atoms with van der Waals surface area (Å²) in [5.41, 5.74) is 1.29. The Morgan fingerprint density at radius 1 is 1.40 bits per heavy atom. The summed E-state index contributed by atoms with van der Waals surface area (Å²) in [6.07, 6.45) is 4.26. The van der Waals surface area contributed by atoms with Crippen molar-refractivity contribution in [3.63, 3.8) is 0 Å². The normalized spacial score (nSPS) is 26.9. The van der Waals surface area contributed by atoms with Crippen molar-refractivity contribution in [3.8, 4) is 0 Å². The van der Waals surface area contributed by atoms with Crippen LogP contribution in [0.25, 0.3) is 0 Å². The van der Waals surface area contributed by atoms with E-state index in [9.17, 15) is 0 Å². The minimum atomic E-state index is 0.459. The van der Waals surface area contributed by atoms with E-state index in [0.29, 0.717) is 12.1 Å². The Bertz CT molecular complexity index is 444. The van der Waals surface area contributed by atoms with Gasteiger partial charge in [-0.2, -0.15) is 0 Å². The monoisotopic (exact) mass is 278 g/mol. The van der Waals surface area contributed by atoms with Gasteiger partial charge in [0, 0.05) is 24.7 Å². The third-order valence-corrected chi connectivity index (χ3v) is 4.59. The maximum atomic E-state index is 5.94. The summed E-state index contributed by atoms with van der Waals surface area (Å²) in [5, 5.41) is 3.37. The number of nitrogens with one attached hydrogen (secondary N) is 1. The fourth-order valence-corrected chi connectivity index (χ4v) is 3.50. The Hall–Kier alpha value is -0.840. The molecular weight excluding hydrogens is 252 g/mol. The van der Waals surface area contributed by atoms with Crippen molar-refractivity contribution in [2.75, 3.05) is 19.7 Å². The summed E-state index contributed by atoms with van der Waals surface area (Å²) < 4.78 is 11.8. The zero-order valence-corrected chi connectivity index (χ0v) is 12.7. The van der Waals surface area contributed by atoms with Gasteiger partial charge in [0.25, 0.3) is 0 Å². The van der Waals surface area contributed by atoms with E-state index in [-0.39, 0.29) is 0 Å². The summed E-state index contributed by atoms with van der Waals surface area (Å²) in [7, 11) is 0. The highest BCUT2D eigenvalue weighted by Gasteiger charge is 2.36. The third-order valence-electron chi connectivity index (χ3n) is 4.59. The molecule has 2 heterocycles. The lowest BCUT2D eigenvalue weighted by molar-refractivity contribution is -0.0606. The largest absolute Gasteiger partial charge is 0.465 e. The summed E-state index contributed by atoms with van der Waals surface area (Å²) in [6.45, 7) is 8.92. The quantitative estimate of drug-likeness (QED) is 0.898. The third kappa shape index (κ3) is 2.92. The molecule has 0 spiro atoms. The molecular formula is C16H26N2O2. The van der Waals surface area contributed by atoms with Gasteiger partial charge < -0.3 is 14.5 Å². The van der Waals surface area contributed by atoms with Crippen LogP contribution in [-0.2, 0) is 17.8 Å². The van der Waals surface area contributed by atoms with Crippen molar-refractivity contribution in [1.82, 2.24) is 10.2 Å². The predicted molar refractivity (Wildman–Crippen MR) is 78.6 cm³/mol. The minimum Gasteiger partial charge on any atom is -0.465 e. The molecule has 0 aromatic carbocycles. The predicted octanol–water partition coefficient (Wildman–Crippen LogP) is 2.45. The molecule has 1 aromatic rings. The molecule has 0 bridgehead atoms. The molecule has 1 aliphatic heterocycles. The van der Waals surface area contributed by atoms with Crippen molar-refractivity contribution >= 4 is 0 Å². The van der Waals surface area contributed by atoms with E-state index in [1.54, 1.807) is 0 Å². The number of furan rings is 1. The second kappa shape index (κ2) is 6.29. The molecule has 1 aliphatic carbocycles. The van der Waals surface area contributed by atoms with E-state index < -0.39 is 0 Å². The molecule has 4 heteroatoms. The molecule has 2 aliphatic rings. The summed E-state index contributed by atoms with van der Waals surface area (Å²) in [6, 6.07) is 2.82. The van der Waals surface area contributed by atoms with E-state index in [1.165, 1.54) is 24.8 Å². The van der Waals surface area contributed by atoms with Crippen LogP contribution in [0.2, 0.25) is 0 Å². The van der Waals surface area contributed by atoms with Crippen LogP contribution < -0.4 is 5.32 Å². The molecule has 0 amide bonds. The maximum Gasteiger partial charge on any atom is 0.118 e. The molecule has 0 radical (unpaired) electrons. The van der Waals surface area contributed by atoms with Crippen LogP contribution in [0.15, 0.2) is 10.5 Å². The number of aryl methyl sites for hydroxylation is 1. The molecule has 20 heavy (non-hydrogen) atoms. The average molecular weight is 278 g/mol. The van der Waals surface area contributed by atoms with Gasteiger partial charge in [-0.05, 0) is 38.8 Å². The SMILES string of the molecule is CCNCc1cc(CN2CCOC3CCCC32)oc1C. The molecule has 1 aromatic heterocycles. The lowest BCUT2D eigenvalue weighted by Gasteiger charge is -2.37. The van der Waals surface area contributed by atoms with Crippen LogP contribution in [0.4, 0.5) is 0 Å². The van der Waals surface area contributed by atoms with Crippen LogP contribution in [0.1, 0.15) is 43.3 Å². The van der Waals surface area contributed by atoms with Crippen LogP contribution in [0.5, 0.6) is 0 Å². The van der Waals surface area contributed by atoms with Crippen molar-refractivity contribution in [2.24, 2.45) is 0 Å². The van der Waals surface area contributed by atoms with E-state index in [4.69, 9.17) is 9.15 Å². The second-order valence-corrected chi connectivity index (χ2v) is 5.95. The minimum absolute atomic E-state index is 0.459. The number of nitrogens with zero attached hydrogens (tertiary/aromatic N) is 1. The molecule has 112 valence electrons. The van der Waals surface area contributed by atoms with Gasteiger partial charge >= 0.3 is 0 Å². The number of rotatable bonds is 5. The fourth-order valence-electron chi connectivity index (χ4n) is 3.50. The molecule has 1 saturated carbocycles. The summed E-state index contributed by atoms with van der Waals surface area (Å²) in [4.78, 5) is 2.55. The van der Waals surface area contributed by atoms with Gasteiger partial charge in [0.05, 0.1) is 19.3 Å². The van der Waals surface area contributed by atoms with Gasteiger partial charge in [-0.3, -0.25) is 4.90 Å². The Kier molecular flexibility index (Phi) is 4.44.